The minimum atomic E-state index is -0.225. The van der Waals surface area contributed by atoms with Crippen LogP contribution in [0.25, 0.3) is 0 Å². The van der Waals surface area contributed by atoms with Crippen LogP contribution in [0.1, 0.15) is 49.4 Å². The van der Waals surface area contributed by atoms with Crippen molar-refractivity contribution in [1.82, 2.24) is 10.2 Å². The number of hydrogen-bond acceptors (Lipinski definition) is 3. The highest BCUT2D eigenvalue weighted by Crippen LogP contribution is 2.31. The summed E-state index contributed by atoms with van der Waals surface area (Å²) in [5, 5.41) is 5.81. The van der Waals surface area contributed by atoms with Crippen LogP contribution in [0.4, 0.5) is 10.5 Å². The summed E-state index contributed by atoms with van der Waals surface area (Å²) in [5.74, 6) is -0.0113. The summed E-state index contributed by atoms with van der Waals surface area (Å²) in [5.41, 5.74) is 1.29. The molecule has 1 aliphatic rings. The number of nitrogens with one attached hydrogen (secondary N) is 2. The first-order valence-electron chi connectivity index (χ1n) is 8.26. The third-order valence-corrected chi connectivity index (χ3v) is 4.84. The normalized spacial score (nSPS) is 16.9. The van der Waals surface area contributed by atoms with Gasteiger partial charge in [0.25, 0.3) is 0 Å². The van der Waals surface area contributed by atoms with Gasteiger partial charge in [-0.1, -0.05) is 31.4 Å². The van der Waals surface area contributed by atoms with Crippen LogP contribution in [-0.4, -0.2) is 42.9 Å². The van der Waals surface area contributed by atoms with Gasteiger partial charge < -0.3 is 15.5 Å². The number of Topliss-reactive ketones (excluding diaryl/α,β-unsaturated/α-hetero) is 1. The molecule has 23 heavy (non-hydrogen) atoms. The van der Waals surface area contributed by atoms with Crippen LogP contribution in [0, 0.1) is 0 Å². The number of rotatable bonds is 5. The van der Waals surface area contributed by atoms with E-state index in [1.54, 1.807) is 24.3 Å². The number of carbonyl (C=O) groups is 2. The summed E-state index contributed by atoms with van der Waals surface area (Å²) >= 11 is 0. The highest BCUT2D eigenvalue weighted by molar-refractivity contribution is 5.96. The average Bonchev–Trinajstić information content (AvgIpc) is 2.54. The monoisotopic (exact) mass is 317 g/mol. The summed E-state index contributed by atoms with van der Waals surface area (Å²) < 4.78 is 0. The highest BCUT2D eigenvalue weighted by atomic mass is 16.2. The molecule has 1 aromatic rings. The maximum atomic E-state index is 12.2. The smallest absolute Gasteiger partial charge is 0.319 e. The van der Waals surface area contributed by atoms with Gasteiger partial charge >= 0.3 is 6.03 Å². The second-order valence-electron chi connectivity index (χ2n) is 6.62. The summed E-state index contributed by atoms with van der Waals surface area (Å²) in [7, 11) is 4.17. The Morgan fingerprint density at radius 2 is 1.87 bits per heavy atom. The molecule has 0 unspecified atom stereocenters. The van der Waals surface area contributed by atoms with E-state index in [1.165, 1.54) is 26.2 Å². The van der Waals surface area contributed by atoms with Gasteiger partial charge in [0.05, 0.1) is 0 Å². The third kappa shape index (κ3) is 4.55. The van der Waals surface area contributed by atoms with Crippen molar-refractivity contribution in [2.24, 2.45) is 0 Å². The van der Waals surface area contributed by atoms with E-state index in [9.17, 15) is 9.59 Å². The molecule has 0 heterocycles. The molecular formula is C18H27N3O2. The topological polar surface area (TPSA) is 61.4 Å². The third-order valence-electron chi connectivity index (χ3n) is 4.84. The molecule has 0 bridgehead atoms. The number of carbonyl (C=O) groups excluding carboxylic acids is 2. The average molecular weight is 317 g/mol. The molecule has 2 N–H and O–H groups in total. The highest BCUT2D eigenvalue weighted by Gasteiger charge is 2.34. The van der Waals surface area contributed by atoms with Gasteiger partial charge in [0, 0.05) is 23.3 Å². The molecule has 0 saturated heterocycles. The largest absolute Gasteiger partial charge is 0.336 e. The Bertz CT molecular complexity index is 563. The Hall–Kier alpha value is -1.88. The number of nitrogens with zero attached hydrogens (tertiary/aromatic N) is 1. The molecule has 1 fully saturated rings. The van der Waals surface area contributed by atoms with Gasteiger partial charge in [0.2, 0.25) is 0 Å². The molecule has 1 saturated carbocycles. The zero-order valence-electron chi connectivity index (χ0n) is 14.3. The lowest BCUT2D eigenvalue weighted by Crippen LogP contribution is -2.54. The van der Waals surface area contributed by atoms with Crippen molar-refractivity contribution in [3.8, 4) is 0 Å². The Morgan fingerprint density at radius 3 is 2.48 bits per heavy atom. The van der Waals surface area contributed by atoms with E-state index in [1.807, 2.05) is 0 Å². The molecule has 0 spiro atoms. The molecule has 0 aliphatic heterocycles. The summed E-state index contributed by atoms with van der Waals surface area (Å²) in [6.45, 7) is 2.15. The van der Waals surface area contributed by atoms with Crippen molar-refractivity contribution < 1.29 is 9.59 Å². The minimum Gasteiger partial charge on any atom is -0.336 e. The zero-order chi connectivity index (χ0) is 16.9. The van der Waals surface area contributed by atoms with Gasteiger partial charge in [-0.25, -0.2) is 4.79 Å². The van der Waals surface area contributed by atoms with Gasteiger partial charge in [0.1, 0.15) is 0 Å². The van der Waals surface area contributed by atoms with Crippen molar-refractivity contribution in [1.29, 1.82) is 0 Å². The fourth-order valence-corrected chi connectivity index (χ4v) is 3.23. The molecule has 2 rings (SSSR count). The minimum absolute atomic E-state index is 0.0113. The molecule has 0 radical (unpaired) electrons. The van der Waals surface area contributed by atoms with Gasteiger partial charge in [-0.2, -0.15) is 0 Å². The zero-order valence-corrected chi connectivity index (χ0v) is 14.3. The Morgan fingerprint density at radius 1 is 1.17 bits per heavy atom. The second kappa shape index (κ2) is 7.59. The van der Waals surface area contributed by atoms with Crippen molar-refractivity contribution in [2.75, 3.05) is 26.0 Å². The van der Waals surface area contributed by atoms with E-state index in [0.717, 1.165) is 12.8 Å². The number of ketones is 1. The Balaban J connectivity index is 1.94. The van der Waals surface area contributed by atoms with Crippen LogP contribution in [0.15, 0.2) is 24.3 Å². The molecule has 1 aliphatic carbocycles. The van der Waals surface area contributed by atoms with E-state index >= 15 is 0 Å². The lowest BCUT2D eigenvalue weighted by molar-refractivity contribution is 0.101. The van der Waals surface area contributed by atoms with Crippen molar-refractivity contribution in [2.45, 2.75) is 44.6 Å². The summed E-state index contributed by atoms with van der Waals surface area (Å²) in [6, 6.07) is 6.78. The Kier molecular flexibility index (Phi) is 5.77. The first-order chi connectivity index (χ1) is 10.9. The van der Waals surface area contributed by atoms with E-state index in [0.29, 0.717) is 17.8 Å². The summed E-state index contributed by atoms with van der Waals surface area (Å²) in [4.78, 5) is 25.8. The van der Waals surface area contributed by atoms with E-state index in [4.69, 9.17) is 0 Å². The van der Waals surface area contributed by atoms with Crippen molar-refractivity contribution in [3.05, 3.63) is 29.8 Å². The number of benzene rings is 1. The predicted octanol–water partition coefficient (Wildman–Crippen LogP) is 3.28. The lowest BCUT2D eigenvalue weighted by Gasteiger charge is -2.43. The second-order valence-corrected chi connectivity index (χ2v) is 6.62. The number of urea groups is 1. The molecule has 0 atom stereocenters. The number of hydrogen-bond donors (Lipinski definition) is 2. The van der Waals surface area contributed by atoms with Crippen molar-refractivity contribution >= 4 is 17.5 Å². The molecule has 0 aromatic heterocycles. The van der Waals surface area contributed by atoms with E-state index in [2.05, 4.69) is 29.6 Å². The quantitative estimate of drug-likeness (QED) is 0.819. The molecule has 126 valence electrons. The van der Waals surface area contributed by atoms with Gasteiger partial charge in [-0.15, -0.1) is 0 Å². The predicted molar refractivity (Wildman–Crippen MR) is 93.0 cm³/mol. The van der Waals surface area contributed by atoms with Gasteiger partial charge in [-0.3, -0.25) is 4.79 Å². The lowest BCUT2D eigenvalue weighted by atomic mass is 9.80. The van der Waals surface area contributed by atoms with E-state index < -0.39 is 0 Å². The summed E-state index contributed by atoms with van der Waals surface area (Å²) in [6.07, 6.45) is 5.92. The van der Waals surface area contributed by atoms with Crippen LogP contribution in [0.2, 0.25) is 0 Å². The molecule has 5 heteroatoms. The number of amides is 2. The fourth-order valence-electron chi connectivity index (χ4n) is 3.23. The first kappa shape index (κ1) is 17.5. The van der Waals surface area contributed by atoms with Crippen LogP contribution < -0.4 is 10.6 Å². The molecule has 5 nitrogen and oxygen atoms in total. The molecular weight excluding hydrogens is 290 g/mol. The van der Waals surface area contributed by atoms with Crippen LogP contribution >= 0.6 is 0 Å². The Labute approximate surface area is 138 Å². The molecule has 2 amide bonds. The standard InChI is InChI=1S/C18H27N3O2/c1-14(22)15-8-7-9-16(12-15)20-17(23)19-13-18(21(2)3)10-5-4-6-11-18/h7-9,12H,4-6,10-11,13H2,1-3H3,(H2,19,20,23). The van der Waals surface area contributed by atoms with Crippen LogP contribution in [0.5, 0.6) is 0 Å². The van der Waals surface area contributed by atoms with Crippen LogP contribution in [0.3, 0.4) is 0 Å². The van der Waals surface area contributed by atoms with Crippen molar-refractivity contribution in [3.63, 3.8) is 0 Å². The molecule has 1 aromatic carbocycles. The van der Waals surface area contributed by atoms with Crippen LogP contribution in [-0.2, 0) is 0 Å². The maximum absolute atomic E-state index is 12.2. The fraction of sp³-hybridized carbons (Fsp3) is 0.556. The first-order valence-corrected chi connectivity index (χ1v) is 8.26. The van der Waals surface area contributed by atoms with E-state index in [-0.39, 0.29) is 17.4 Å². The number of anilines is 1. The maximum Gasteiger partial charge on any atom is 0.319 e. The SMILES string of the molecule is CC(=O)c1cccc(NC(=O)NCC2(N(C)C)CCCCC2)c1. The van der Waals surface area contributed by atoms with Gasteiger partial charge in [-0.05, 0) is 46.0 Å². The number of likely N-dealkylation sites (N-methyl/N-ethyl adjacent to an activating group) is 1. The van der Waals surface area contributed by atoms with Gasteiger partial charge in [0.15, 0.2) is 5.78 Å².